The Bertz CT molecular complexity index is 546. The Hall–Kier alpha value is -1.72. The Balaban J connectivity index is 3.24. The highest BCUT2D eigenvalue weighted by atomic mass is 79.9. The highest BCUT2D eigenvalue weighted by Crippen LogP contribution is 2.38. The van der Waals surface area contributed by atoms with E-state index in [-0.39, 0.29) is 0 Å². The molecule has 0 bridgehead atoms. The monoisotopic (exact) mass is 426 g/mol. The first-order valence-electron chi connectivity index (χ1n) is 7.18. The van der Waals surface area contributed by atoms with Crippen LogP contribution in [0.15, 0.2) is 0 Å². The Kier molecular flexibility index (Phi) is 7.32. The zero-order valence-corrected chi connectivity index (χ0v) is 15.6. The number of rotatable bonds is 5. The van der Waals surface area contributed by atoms with E-state index in [1.54, 1.807) is 0 Å². The maximum atomic E-state index is 11.4. The van der Waals surface area contributed by atoms with Crippen LogP contribution in [0.3, 0.4) is 0 Å². The number of hydrogen-bond donors (Lipinski definition) is 1. The Morgan fingerprint density at radius 3 is 1.84 bits per heavy atom. The van der Waals surface area contributed by atoms with Gasteiger partial charge < -0.3 is 28.8 Å². The number of carbonyl (C=O) groups excluding carboxylic acids is 4. The summed E-state index contributed by atoms with van der Waals surface area (Å²) in [4.78, 5) is 45.2. The van der Waals surface area contributed by atoms with Gasteiger partial charge in [0.05, 0.1) is 0 Å². The van der Waals surface area contributed by atoms with Crippen LogP contribution in [-0.4, -0.2) is 64.7 Å². The van der Waals surface area contributed by atoms with E-state index in [0.717, 1.165) is 27.7 Å². The van der Waals surface area contributed by atoms with E-state index >= 15 is 0 Å². The van der Waals surface area contributed by atoms with E-state index in [0.29, 0.717) is 0 Å². The summed E-state index contributed by atoms with van der Waals surface area (Å²) in [5, 5.41) is 10.4. The molecule has 1 saturated heterocycles. The second kappa shape index (κ2) is 8.59. The predicted octanol–water partition coefficient (Wildman–Crippen LogP) is -0.216. The molecule has 10 nitrogen and oxygen atoms in total. The van der Waals surface area contributed by atoms with Crippen molar-refractivity contribution in [2.75, 3.05) is 6.61 Å². The van der Waals surface area contributed by atoms with Gasteiger partial charge >= 0.3 is 23.9 Å². The van der Waals surface area contributed by atoms with Crippen LogP contribution in [0, 0.1) is 0 Å². The molecule has 0 aliphatic carbocycles. The summed E-state index contributed by atoms with van der Waals surface area (Å²) in [6, 6.07) is 0. The zero-order chi connectivity index (χ0) is 19.4. The van der Waals surface area contributed by atoms with Crippen LogP contribution in [0.25, 0.3) is 0 Å². The van der Waals surface area contributed by atoms with Gasteiger partial charge in [-0.15, -0.1) is 0 Å². The number of ether oxygens (including phenoxy) is 5. The Labute approximate surface area is 151 Å². The topological polar surface area (TPSA) is 135 Å². The van der Waals surface area contributed by atoms with Crippen molar-refractivity contribution in [2.24, 2.45) is 0 Å². The van der Waals surface area contributed by atoms with E-state index in [2.05, 4.69) is 15.9 Å². The maximum absolute atomic E-state index is 11.4. The van der Waals surface area contributed by atoms with Crippen molar-refractivity contribution in [1.29, 1.82) is 0 Å². The molecule has 0 aromatic rings. The molecule has 0 saturated carbocycles. The van der Waals surface area contributed by atoms with Gasteiger partial charge in [0.25, 0.3) is 4.70 Å². The first kappa shape index (κ1) is 21.3. The SMILES string of the molecule is CC(=O)OC[C@H]1OC(O)(Br)[C@@H](OC(C)=O)[C@@H](OC(C)=O)[C@@H]1OC(C)=O. The smallest absolute Gasteiger partial charge is 0.303 e. The number of halogens is 1. The van der Waals surface area contributed by atoms with Crippen LogP contribution in [0.4, 0.5) is 0 Å². The number of aliphatic hydroxyl groups is 1. The minimum absolute atomic E-state index is 0.411. The van der Waals surface area contributed by atoms with Crippen LogP contribution in [0.1, 0.15) is 27.7 Å². The van der Waals surface area contributed by atoms with Crippen LogP contribution < -0.4 is 0 Å². The molecule has 5 atom stereocenters. The van der Waals surface area contributed by atoms with Gasteiger partial charge in [-0.05, 0) is 15.9 Å². The summed E-state index contributed by atoms with van der Waals surface area (Å²) in [5.41, 5.74) is 0. The van der Waals surface area contributed by atoms with Gasteiger partial charge in [0.15, 0.2) is 12.2 Å². The summed E-state index contributed by atoms with van der Waals surface area (Å²) in [7, 11) is 0. The average Bonchev–Trinajstić information content (AvgIpc) is 2.42. The maximum Gasteiger partial charge on any atom is 0.303 e. The fourth-order valence-corrected chi connectivity index (χ4v) is 2.83. The highest BCUT2D eigenvalue weighted by Gasteiger charge is 2.58. The molecule has 1 rings (SSSR count). The molecule has 1 N–H and O–H groups in total. The fraction of sp³-hybridized carbons (Fsp3) is 0.714. The van der Waals surface area contributed by atoms with Gasteiger partial charge in [-0.25, -0.2) is 0 Å². The van der Waals surface area contributed by atoms with Gasteiger partial charge in [0.1, 0.15) is 12.7 Å². The molecule has 0 aromatic heterocycles. The van der Waals surface area contributed by atoms with E-state index < -0.39 is 59.6 Å². The summed E-state index contributed by atoms with van der Waals surface area (Å²) in [5.74, 6) is -2.98. The lowest BCUT2D eigenvalue weighted by molar-refractivity contribution is -0.309. The second-order valence-corrected chi connectivity index (χ2v) is 6.38. The molecule has 0 aromatic carbocycles. The summed E-state index contributed by atoms with van der Waals surface area (Å²) in [6.07, 6.45) is -5.47. The standard InChI is InChI=1S/C14H19BrO10/c1-6(16)21-5-10-11(22-7(2)17)12(23-8(3)18)13(24-9(4)19)14(15,20)25-10/h10-13,20H,5H2,1-4H3/t10-,11-,12+,13+,14?/m1/s1. The molecular formula is C14H19BrO10. The van der Waals surface area contributed by atoms with E-state index in [1.165, 1.54) is 0 Å². The number of esters is 4. The first-order valence-corrected chi connectivity index (χ1v) is 7.97. The van der Waals surface area contributed by atoms with E-state index in [1.807, 2.05) is 0 Å². The van der Waals surface area contributed by atoms with E-state index in [9.17, 15) is 24.3 Å². The van der Waals surface area contributed by atoms with Crippen LogP contribution in [0.2, 0.25) is 0 Å². The van der Waals surface area contributed by atoms with Gasteiger partial charge in [0.2, 0.25) is 6.10 Å². The molecule has 1 aliphatic heterocycles. The van der Waals surface area contributed by atoms with Gasteiger partial charge in [-0.2, -0.15) is 0 Å². The number of alkyl halides is 1. The second-order valence-electron chi connectivity index (χ2n) is 5.25. The van der Waals surface area contributed by atoms with Crippen molar-refractivity contribution in [3.05, 3.63) is 0 Å². The van der Waals surface area contributed by atoms with Crippen molar-refractivity contribution in [3.8, 4) is 0 Å². The third-order valence-corrected chi connectivity index (χ3v) is 3.64. The molecule has 142 valence electrons. The third-order valence-electron chi connectivity index (χ3n) is 3.00. The summed E-state index contributed by atoms with van der Waals surface area (Å²) in [6.45, 7) is 3.99. The minimum Gasteiger partial charge on any atom is -0.463 e. The quantitative estimate of drug-likeness (QED) is 0.357. The molecule has 1 heterocycles. The normalized spacial score (nSPS) is 31.6. The Morgan fingerprint density at radius 1 is 0.920 bits per heavy atom. The third kappa shape index (κ3) is 6.25. The lowest BCUT2D eigenvalue weighted by Crippen LogP contribution is -2.66. The van der Waals surface area contributed by atoms with Crippen molar-refractivity contribution in [2.45, 2.75) is 56.8 Å². The summed E-state index contributed by atoms with van der Waals surface area (Å²) < 4.78 is 23.0. The zero-order valence-electron chi connectivity index (χ0n) is 14.0. The minimum atomic E-state index is -2.28. The molecular weight excluding hydrogens is 408 g/mol. The van der Waals surface area contributed by atoms with E-state index in [4.69, 9.17) is 23.7 Å². The van der Waals surface area contributed by atoms with Crippen LogP contribution in [0.5, 0.6) is 0 Å². The molecule has 1 fully saturated rings. The highest BCUT2D eigenvalue weighted by molar-refractivity contribution is 9.10. The van der Waals surface area contributed by atoms with Gasteiger partial charge in [0, 0.05) is 27.7 Å². The fourth-order valence-electron chi connectivity index (χ4n) is 2.23. The largest absolute Gasteiger partial charge is 0.463 e. The molecule has 25 heavy (non-hydrogen) atoms. The molecule has 0 radical (unpaired) electrons. The van der Waals surface area contributed by atoms with Gasteiger partial charge in [-0.3, -0.25) is 19.2 Å². The number of carbonyl (C=O) groups is 4. The van der Waals surface area contributed by atoms with Crippen LogP contribution in [-0.2, 0) is 42.9 Å². The first-order chi connectivity index (χ1) is 11.4. The number of hydrogen-bond acceptors (Lipinski definition) is 10. The van der Waals surface area contributed by atoms with Crippen LogP contribution >= 0.6 is 15.9 Å². The Morgan fingerprint density at radius 2 is 1.40 bits per heavy atom. The molecule has 1 unspecified atom stereocenters. The lowest BCUT2D eigenvalue weighted by Gasteiger charge is -2.46. The van der Waals surface area contributed by atoms with Crippen molar-refractivity contribution < 1.29 is 48.0 Å². The molecule has 1 aliphatic rings. The van der Waals surface area contributed by atoms with Crippen molar-refractivity contribution in [3.63, 3.8) is 0 Å². The van der Waals surface area contributed by atoms with Gasteiger partial charge in [-0.1, -0.05) is 0 Å². The van der Waals surface area contributed by atoms with Crippen molar-refractivity contribution >= 4 is 39.8 Å². The molecule has 0 amide bonds. The summed E-state index contributed by atoms with van der Waals surface area (Å²) >= 11 is 2.84. The molecule has 11 heteroatoms. The predicted molar refractivity (Wildman–Crippen MR) is 82.0 cm³/mol. The average molecular weight is 427 g/mol. The lowest BCUT2D eigenvalue weighted by atomic mass is 9.98. The van der Waals surface area contributed by atoms with Crippen molar-refractivity contribution in [1.82, 2.24) is 0 Å². The molecule has 0 spiro atoms.